The van der Waals surface area contributed by atoms with E-state index in [1.807, 2.05) is 60.5 Å². The van der Waals surface area contributed by atoms with Crippen molar-refractivity contribution in [2.24, 2.45) is 7.05 Å². The monoisotopic (exact) mass is 360 g/mol. The van der Waals surface area contributed by atoms with E-state index in [-0.39, 0.29) is 0 Å². The van der Waals surface area contributed by atoms with Crippen molar-refractivity contribution in [2.75, 3.05) is 5.32 Å². The molecule has 0 spiro atoms. The predicted octanol–water partition coefficient (Wildman–Crippen LogP) is 2.80. The number of aryl methyl sites for hydroxylation is 1. The maximum atomic E-state index is 6.17. The molecule has 3 aromatic rings. The van der Waals surface area contributed by atoms with E-state index in [1.54, 1.807) is 4.68 Å². The minimum absolute atomic E-state index is 0.503. The molecule has 0 amide bonds. The molecule has 24 heavy (non-hydrogen) atoms. The van der Waals surface area contributed by atoms with Crippen LogP contribution in [0.15, 0.2) is 48.8 Å². The summed E-state index contributed by atoms with van der Waals surface area (Å²) in [6.07, 6.45) is 3.77. The molecule has 0 aliphatic rings. The number of halogens is 1. The molecule has 124 valence electrons. The summed E-state index contributed by atoms with van der Waals surface area (Å²) in [6.45, 7) is 1.17. The summed E-state index contributed by atoms with van der Waals surface area (Å²) in [5.74, 6) is 0.681. The zero-order valence-electron chi connectivity index (χ0n) is 13.1. The summed E-state index contributed by atoms with van der Waals surface area (Å²) in [6, 6.07) is 11.5. The highest BCUT2D eigenvalue weighted by atomic mass is 35.5. The van der Waals surface area contributed by atoms with Gasteiger partial charge in [-0.25, -0.2) is 0 Å². The minimum Gasteiger partial charge on any atom is -0.357 e. The van der Waals surface area contributed by atoms with Crippen molar-refractivity contribution in [3.8, 4) is 0 Å². The van der Waals surface area contributed by atoms with Crippen molar-refractivity contribution in [1.82, 2.24) is 24.9 Å². The lowest BCUT2D eigenvalue weighted by atomic mass is 10.2. The molecule has 2 aromatic heterocycles. The lowest BCUT2D eigenvalue weighted by molar-refractivity contribution is 0.690. The largest absolute Gasteiger partial charge is 0.357 e. The highest BCUT2D eigenvalue weighted by Gasteiger charge is 2.05. The Morgan fingerprint density at radius 3 is 2.75 bits per heavy atom. The zero-order chi connectivity index (χ0) is 16.9. The highest BCUT2D eigenvalue weighted by molar-refractivity contribution is 7.80. The van der Waals surface area contributed by atoms with Gasteiger partial charge in [-0.15, -0.1) is 0 Å². The third kappa shape index (κ3) is 4.33. The number of aromatic nitrogens is 4. The quantitative estimate of drug-likeness (QED) is 0.685. The van der Waals surface area contributed by atoms with E-state index in [4.69, 9.17) is 23.8 Å². The van der Waals surface area contributed by atoms with E-state index in [0.717, 1.165) is 16.3 Å². The number of thiocarbonyl (C=S) groups is 1. The SMILES string of the molecule is Cn1ccc(CNC(=S)Nc2ccn(Cc3ccccc3Cl)n2)n1. The maximum absolute atomic E-state index is 6.17. The van der Waals surface area contributed by atoms with Gasteiger partial charge in [0.15, 0.2) is 10.9 Å². The molecule has 8 heteroatoms. The zero-order valence-corrected chi connectivity index (χ0v) is 14.7. The Morgan fingerprint density at radius 2 is 2.00 bits per heavy atom. The van der Waals surface area contributed by atoms with Crippen molar-refractivity contribution in [1.29, 1.82) is 0 Å². The number of benzene rings is 1. The molecular weight excluding hydrogens is 344 g/mol. The van der Waals surface area contributed by atoms with Crippen LogP contribution >= 0.6 is 23.8 Å². The Hall–Kier alpha value is -2.38. The number of anilines is 1. The molecule has 0 saturated heterocycles. The fraction of sp³-hybridized carbons (Fsp3) is 0.188. The van der Waals surface area contributed by atoms with Crippen molar-refractivity contribution in [3.05, 3.63) is 65.1 Å². The lowest BCUT2D eigenvalue weighted by Crippen LogP contribution is -2.28. The second kappa shape index (κ2) is 7.46. The van der Waals surface area contributed by atoms with Crippen LogP contribution in [-0.4, -0.2) is 24.7 Å². The van der Waals surface area contributed by atoms with Gasteiger partial charge >= 0.3 is 0 Å². The van der Waals surface area contributed by atoms with Gasteiger partial charge in [-0.05, 0) is 29.9 Å². The summed E-state index contributed by atoms with van der Waals surface area (Å²) in [7, 11) is 1.88. The van der Waals surface area contributed by atoms with E-state index in [1.165, 1.54) is 0 Å². The molecule has 0 radical (unpaired) electrons. The van der Waals surface area contributed by atoms with Crippen molar-refractivity contribution < 1.29 is 0 Å². The molecule has 0 bridgehead atoms. The molecule has 0 atom stereocenters. The van der Waals surface area contributed by atoms with Crippen LogP contribution in [0.2, 0.25) is 5.02 Å². The van der Waals surface area contributed by atoms with Gasteiger partial charge in [-0.3, -0.25) is 9.36 Å². The summed E-state index contributed by atoms with van der Waals surface area (Å²) in [5, 5.41) is 16.1. The summed E-state index contributed by atoms with van der Waals surface area (Å²) >= 11 is 11.4. The number of nitrogens with one attached hydrogen (secondary N) is 2. The summed E-state index contributed by atoms with van der Waals surface area (Å²) < 4.78 is 3.56. The Labute approximate surface area is 150 Å². The van der Waals surface area contributed by atoms with Gasteiger partial charge < -0.3 is 10.6 Å². The highest BCUT2D eigenvalue weighted by Crippen LogP contribution is 2.16. The van der Waals surface area contributed by atoms with Crippen LogP contribution in [0.25, 0.3) is 0 Å². The molecule has 3 rings (SSSR count). The molecule has 0 aliphatic heterocycles. The number of hydrogen-bond donors (Lipinski definition) is 2. The summed E-state index contributed by atoms with van der Waals surface area (Å²) in [4.78, 5) is 0. The molecule has 0 fully saturated rings. The van der Waals surface area contributed by atoms with Crippen LogP contribution in [0.1, 0.15) is 11.3 Å². The van der Waals surface area contributed by atoms with Crippen LogP contribution in [0.4, 0.5) is 5.82 Å². The standard InChI is InChI=1S/C16H17ClN6S/c1-22-8-6-13(20-22)10-18-16(24)19-15-7-9-23(21-15)11-12-4-2-3-5-14(12)17/h2-9H,10-11H2,1H3,(H2,18,19,21,24). The first-order chi connectivity index (χ1) is 11.6. The molecule has 6 nitrogen and oxygen atoms in total. The Morgan fingerprint density at radius 1 is 1.17 bits per heavy atom. The molecular formula is C16H17ClN6S. The van der Waals surface area contributed by atoms with Crippen LogP contribution in [0.5, 0.6) is 0 Å². The minimum atomic E-state index is 0.503. The molecule has 2 N–H and O–H groups in total. The average Bonchev–Trinajstić information content (AvgIpc) is 3.17. The van der Waals surface area contributed by atoms with Crippen LogP contribution in [0.3, 0.4) is 0 Å². The molecule has 0 unspecified atom stereocenters. The van der Waals surface area contributed by atoms with Gasteiger partial charge in [0.05, 0.1) is 18.8 Å². The Bertz CT molecular complexity index is 840. The van der Waals surface area contributed by atoms with E-state index < -0.39 is 0 Å². The van der Waals surface area contributed by atoms with Gasteiger partial charge in [0, 0.05) is 30.5 Å². The van der Waals surface area contributed by atoms with E-state index in [2.05, 4.69) is 20.8 Å². The summed E-state index contributed by atoms with van der Waals surface area (Å²) in [5.41, 5.74) is 1.94. The number of nitrogens with zero attached hydrogens (tertiary/aromatic N) is 4. The third-order valence-corrected chi connectivity index (χ3v) is 3.99. The first kappa shape index (κ1) is 16.5. The van der Waals surface area contributed by atoms with Gasteiger partial charge in [0.25, 0.3) is 0 Å². The second-order valence-electron chi connectivity index (χ2n) is 5.28. The topological polar surface area (TPSA) is 59.7 Å². The van der Waals surface area contributed by atoms with Crippen molar-refractivity contribution in [3.63, 3.8) is 0 Å². The Kier molecular flexibility index (Phi) is 5.12. The molecule has 2 heterocycles. The second-order valence-corrected chi connectivity index (χ2v) is 6.09. The van der Waals surface area contributed by atoms with Crippen LogP contribution in [-0.2, 0) is 20.1 Å². The fourth-order valence-corrected chi connectivity index (χ4v) is 2.58. The fourth-order valence-electron chi connectivity index (χ4n) is 2.21. The Balaban J connectivity index is 1.53. The third-order valence-electron chi connectivity index (χ3n) is 3.37. The first-order valence-corrected chi connectivity index (χ1v) is 8.19. The van der Waals surface area contributed by atoms with E-state index in [9.17, 15) is 0 Å². The molecule has 1 aromatic carbocycles. The van der Waals surface area contributed by atoms with Gasteiger partial charge in [0.2, 0.25) is 0 Å². The van der Waals surface area contributed by atoms with Crippen molar-refractivity contribution >= 4 is 34.7 Å². The van der Waals surface area contributed by atoms with Crippen LogP contribution in [0, 0.1) is 0 Å². The smallest absolute Gasteiger partial charge is 0.172 e. The lowest BCUT2D eigenvalue weighted by Gasteiger charge is -2.07. The maximum Gasteiger partial charge on any atom is 0.172 e. The van der Waals surface area contributed by atoms with E-state index >= 15 is 0 Å². The normalized spacial score (nSPS) is 10.6. The van der Waals surface area contributed by atoms with E-state index in [0.29, 0.717) is 24.0 Å². The van der Waals surface area contributed by atoms with Crippen LogP contribution < -0.4 is 10.6 Å². The number of rotatable bonds is 5. The average molecular weight is 361 g/mol. The molecule has 0 saturated carbocycles. The van der Waals surface area contributed by atoms with Gasteiger partial charge in [-0.2, -0.15) is 10.2 Å². The predicted molar refractivity (Wildman–Crippen MR) is 99.0 cm³/mol. The first-order valence-electron chi connectivity index (χ1n) is 7.40. The molecule has 0 aliphatic carbocycles. The van der Waals surface area contributed by atoms with Crippen molar-refractivity contribution in [2.45, 2.75) is 13.1 Å². The number of hydrogen-bond acceptors (Lipinski definition) is 3. The van der Waals surface area contributed by atoms with Gasteiger partial charge in [0.1, 0.15) is 0 Å². The van der Waals surface area contributed by atoms with Gasteiger partial charge in [-0.1, -0.05) is 29.8 Å².